The summed E-state index contributed by atoms with van der Waals surface area (Å²) in [4.78, 5) is 0. The number of hydrogen-bond acceptors (Lipinski definition) is 4. The summed E-state index contributed by atoms with van der Waals surface area (Å²) in [5.41, 5.74) is 0.0790. The molecule has 2 atom stereocenters. The van der Waals surface area contributed by atoms with Crippen LogP contribution in [0.4, 0.5) is 0 Å². The summed E-state index contributed by atoms with van der Waals surface area (Å²) < 4.78 is 0. The lowest BCUT2D eigenvalue weighted by Gasteiger charge is -2.37. The molecule has 0 unspecified atom stereocenters. The van der Waals surface area contributed by atoms with E-state index in [-0.39, 0.29) is 0 Å². The fraction of sp³-hybridized carbons (Fsp3) is 0.200. The van der Waals surface area contributed by atoms with Crippen LogP contribution in [0.2, 0.25) is 0 Å². The van der Waals surface area contributed by atoms with Gasteiger partial charge in [-0.3, -0.25) is 0 Å². The highest BCUT2D eigenvalue weighted by molar-refractivity contribution is 5.50. The van der Waals surface area contributed by atoms with Crippen molar-refractivity contribution >= 4 is 0 Å². The molecule has 0 aliphatic rings. The molecular formula is C20H14N4. The average molecular weight is 310 g/mol. The Bertz CT molecular complexity index is 835. The van der Waals surface area contributed by atoms with Crippen molar-refractivity contribution in [2.24, 2.45) is 0 Å². The maximum absolute atomic E-state index is 9.88. The van der Waals surface area contributed by atoms with Gasteiger partial charge in [0.1, 0.15) is 10.8 Å². The summed E-state index contributed by atoms with van der Waals surface area (Å²) in [7, 11) is 0. The second-order valence-corrected chi connectivity index (χ2v) is 5.85. The van der Waals surface area contributed by atoms with Crippen LogP contribution < -0.4 is 0 Å². The molecule has 0 fully saturated rings. The van der Waals surface area contributed by atoms with Gasteiger partial charge < -0.3 is 0 Å². The molecule has 0 aromatic heterocycles. The van der Waals surface area contributed by atoms with Gasteiger partial charge in [0.05, 0.1) is 35.4 Å². The lowest BCUT2D eigenvalue weighted by molar-refractivity contribution is 0.407. The van der Waals surface area contributed by atoms with Gasteiger partial charge in [-0.1, -0.05) is 24.3 Å². The van der Waals surface area contributed by atoms with Gasteiger partial charge in [0.15, 0.2) is 0 Å². The van der Waals surface area contributed by atoms with E-state index in [0.29, 0.717) is 22.3 Å². The van der Waals surface area contributed by atoms with Gasteiger partial charge in [0, 0.05) is 0 Å². The Balaban J connectivity index is 2.63. The molecule has 2 aromatic rings. The average Bonchev–Trinajstić information content (AvgIpc) is 2.66. The molecule has 4 heteroatoms. The van der Waals surface area contributed by atoms with Crippen LogP contribution in [-0.2, 0) is 10.8 Å². The Morgan fingerprint density at radius 1 is 0.583 bits per heavy atom. The van der Waals surface area contributed by atoms with Gasteiger partial charge in [-0.15, -0.1) is 0 Å². The SMILES string of the molecule is C[C@](C#N)(c1ccc(C#N)cc1)[C@](C)(C#N)c1ccc(C#N)cc1. The third-order valence-electron chi connectivity index (χ3n) is 4.63. The van der Waals surface area contributed by atoms with Gasteiger partial charge in [0.25, 0.3) is 0 Å². The van der Waals surface area contributed by atoms with Gasteiger partial charge >= 0.3 is 0 Å². The Morgan fingerprint density at radius 2 is 0.875 bits per heavy atom. The van der Waals surface area contributed by atoms with Crippen molar-refractivity contribution in [1.82, 2.24) is 0 Å². The van der Waals surface area contributed by atoms with Crippen LogP contribution in [0.15, 0.2) is 48.5 Å². The molecule has 2 rings (SSSR count). The van der Waals surface area contributed by atoms with E-state index in [4.69, 9.17) is 10.5 Å². The Hall–Kier alpha value is -3.60. The summed E-state index contributed by atoms with van der Waals surface area (Å²) in [6, 6.07) is 22.0. The molecule has 114 valence electrons. The third-order valence-corrected chi connectivity index (χ3v) is 4.63. The van der Waals surface area contributed by atoms with Crippen LogP contribution in [0.5, 0.6) is 0 Å². The van der Waals surface area contributed by atoms with Gasteiger partial charge in [-0.2, -0.15) is 21.0 Å². The first-order valence-electron chi connectivity index (χ1n) is 7.29. The number of nitrogens with zero attached hydrogens (tertiary/aromatic N) is 4. The van der Waals surface area contributed by atoms with Crippen LogP contribution in [0, 0.1) is 45.3 Å². The molecule has 0 saturated heterocycles. The van der Waals surface area contributed by atoms with Crippen LogP contribution in [0.1, 0.15) is 36.1 Å². The Labute approximate surface area is 141 Å². The molecule has 2 aromatic carbocycles. The van der Waals surface area contributed by atoms with Crippen molar-refractivity contribution in [2.75, 3.05) is 0 Å². The third kappa shape index (κ3) is 2.48. The monoisotopic (exact) mass is 310 g/mol. The molecule has 0 N–H and O–H groups in total. The van der Waals surface area contributed by atoms with E-state index in [1.165, 1.54) is 0 Å². The summed E-state index contributed by atoms with van der Waals surface area (Å²) in [6.45, 7) is 3.44. The normalized spacial score (nSPS) is 14.8. The lowest BCUT2D eigenvalue weighted by atomic mass is 9.60. The predicted octanol–water partition coefficient (Wildman–Crippen LogP) is 3.69. The predicted molar refractivity (Wildman–Crippen MR) is 88.2 cm³/mol. The Morgan fingerprint density at radius 3 is 1.08 bits per heavy atom. The lowest BCUT2D eigenvalue weighted by Crippen LogP contribution is -2.43. The topological polar surface area (TPSA) is 95.2 Å². The molecule has 24 heavy (non-hydrogen) atoms. The molecule has 0 aliphatic heterocycles. The minimum atomic E-state index is -1.12. The molecule has 0 bridgehead atoms. The standard InChI is InChI=1S/C20H14N4/c1-19(13-23,17-7-3-15(11-21)4-8-17)20(2,14-24)18-9-5-16(12-22)6-10-18/h3-10H,1-2H3/t19-,20+. The second kappa shape index (κ2) is 6.26. The molecule has 0 spiro atoms. The molecule has 0 saturated carbocycles. The second-order valence-electron chi connectivity index (χ2n) is 5.85. The highest BCUT2D eigenvalue weighted by Crippen LogP contribution is 2.43. The minimum Gasteiger partial charge on any atom is -0.197 e. The van der Waals surface area contributed by atoms with E-state index in [1.807, 2.05) is 12.1 Å². The number of hydrogen-bond donors (Lipinski definition) is 0. The zero-order chi connectivity index (χ0) is 17.8. The maximum atomic E-state index is 9.88. The fourth-order valence-electron chi connectivity index (χ4n) is 2.69. The van der Waals surface area contributed by atoms with Gasteiger partial charge in [-0.25, -0.2) is 0 Å². The first-order valence-corrected chi connectivity index (χ1v) is 7.29. The highest BCUT2D eigenvalue weighted by atomic mass is 14.5. The molecule has 4 nitrogen and oxygen atoms in total. The summed E-state index contributed by atoms with van der Waals surface area (Å²) >= 11 is 0. The minimum absolute atomic E-state index is 0.496. The zero-order valence-electron chi connectivity index (χ0n) is 13.4. The van der Waals surface area contributed by atoms with Gasteiger partial charge in [-0.05, 0) is 49.2 Å². The first-order chi connectivity index (χ1) is 11.4. The van der Waals surface area contributed by atoms with Crippen LogP contribution in [0.25, 0.3) is 0 Å². The van der Waals surface area contributed by atoms with Crippen molar-refractivity contribution in [3.8, 4) is 24.3 Å². The van der Waals surface area contributed by atoms with Crippen molar-refractivity contribution in [2.45, 2.75) is 24.7 Å². The summed E-state index contributed by atoms with van der Waals surface area (Å²) in [5, 5.41) is 37.6. The largest absolute Gasteiger partial charge is 0.197 e. The van der Waals surface area contributed by atoms with Crippen LogP contribution in [-0.4, -0.2) is 0 Å². The first kappa shape index (κ1) is 16.8. The van der Waals surface area contributed by atoms with Crippen molar-refractivity contribution in [3.63, 3.8) is 0 Å². The molecule has 0 aliphatic carbocycles. The van der Waals surface area contributed by atoms with E-state index < -0.39 is 10.8 Å². The molecule has 0 radical (unpaired) electrons. The number of nitriles is 4. The molecule has 0 amide bonds. The molecular weight excluding hydrogens is 296 g/mol. The van der Waals surface area contributed by atoms with Crippen molar-refractivity contribution in [1.29, 1.82) is 21.0 Å². The summed E-state index contributed by atoms with van der Waals surface area (Å²) in [6.07, 6.45) is 0. The maximum Gasteiger partial charge on any atom is 0.102 e. The fourth-order valence-corrected chi connectivity index (χ4v) is 2.69. The smallest absolute Gasteiger partial charge is 0.102 e. The molecule has 0 heterocycles. The number of rotatable bonds is 3. The Kier molecular flexibility index (Phi) is 4.37. The van der Waals surface area contributed by atoms with E-state index in [2.05, 4.69) is 12.1 Å². The van der Waals surface area contributed by atoms with Crippen LogP contribution >= 0.6 is 0 Å². The van der Waals surface area contributed by atoms with Crippen LogP contribution in [0.3, 0.4) is 0 Å². The van der Waals surface area contributed by atoms with E-state index in [1.54, 1.807) is 62.4 Å². The van der Waals surface area contributed by atoms with Crippen molar-refractivity contribution < 1.29 is 0 Å². The van der Waals surface area contributed by atoms with Crippen molar-refractivity contribution in [3.05, 3.63) is 70.8 Å². The van der Waals surface area contributed by atoms with Gasteiger partial charge in [0.2, 0.25) is 0 Å². The quantitative estimate of drug-likeness (QED) is 0.863. The highest BCUT2D eigenvalue weighted by Gasteiger charge is 2.48. The van der Waals surface area contributed by atoms with E-state index in [9.17, 15) is 10.5 Å². The zero-order valence-corrected chi connectivity index (χ0v) is 13.4. The number of benzene rings is 2. The summed E-state index contributed by atoms with van der Waals surface area (Å²) in [5.74, 6) is 0. The van der Waals surface area contributed by atoms with E-state index >= 15 is 0 Å². The van der Waals surface area contributed by atoms with E-state index in [0.717, 1.165) is 0 Å².